The zero-order valence-corrected chi connectivity index (χ0v) is 15.7. The summed E-state index contributed by atoms with van der Waals surface area (Å²) in [5.41, 5.74) is -3.66. The molecule has 0 atom stereocenters. The van der Waals surface area contributed by atoms with E-state index in [1.807, 2.05) is 0 Å². The van der Waals surface area contributed by atoms with Crippen LogP contribution in [0.3, 0.4) is 0 Å². The first-order valence-corrected chi connectivity index (χ1v) is 8.79. The van der Waals surface area contributed by atoms with Gasteiger partial charge >= 0.3 is 12.4 Å². The first-order valence-electron chi connectivity index (χ1n) is 8.41. The minimum absolute atomic E-state index is 0.0930. The van der Waals surface area contributed by atoms with Gasteiger partial charge in [0.25, 0.3) is 0 Å². The zero-order valence-electron chi connectivity index (χ0n) is 14.9. The highest BCUT2D eigenvalue weighted by Gasteiger charge is 2.37. The van der Waals surface area contributed by atoms with Crippen LogP contribution in [0.4, 0.5) is 30.7 Å². The fraction of sp³-hybridized carbons (Fsp3) is 0.105. The van der Waals surface area contributed by atoms with E-state index in [1.54, 1.807) is 0 Å². The maximum atomic E-state index is 13.6. The van der Waals surface area contributed by atoms with E-state index in [1.165, 1.54) is 12.1 Å². The second-order valence-electron chi connectivity index (χ2n) is 6.38. The van der Waals surface area contributed by atoms with Gasteiger partial charge in [-0.15, -0.1) is 0 Å². The van der Waals surface area contributed by atoms with E-state index in [9.17, 15) is 30.7 Å². The van der Waals surface area contributed by atoms with Gasteiger partial charge in [-0.25, -0.2) is 19.3 Å². The van der Waals surface area contributed by atoms with Crippen molar-refractivity contribution in [3.05, 3.63) is 64.6 Å². The largest absolute Gasteiger partial charge is 0.435 e. The van der Waals surface area contributed by atoms with Crippen molar-refractivity contribution in [3.8, 4) is 22.8 Å². The Morgan fingerprint density at radius 3 is 2.10 bits per heavy atom. The summed E-state index contributed by atoms with van der Waals surface area (Å²) in [6.07, 6.45) is -9.63. The molecule has 4 rings (SSSR count). The maximum absolute atomic E-state index is 13.6. The molecule has 0 fully saturated rings. The van der Waals surface area contributed by atoms with Gasteiger partial charge in [-0.3, -0.25) is 0 Å². The molecule has 0 bridgehead atoms. The van der Waals surface area contributed by atoms with Crippen LogP contribution < -0.4 is 0 Å². The Balaban J connectivity index is 1.94. The van der Waals surface area contributed by atoms with Crippen molar-refractivity contribution < 1.29 is 30.7 Å². The van der Waals surface area contributed by atoms with Crippen molar-refractivity contribution in [1.82, 2.24) is 19.9 Å². The second-order valence-corrected chi connectivity index (χ2v) is 6.78. The molecule has 0 saturated heterocycles. The molecule has 4 nitrogen and oxygen atoms in total. The lowest BCUT2D eigenvalue weighted by molar-refractivity contribution is -0.140. The molecule has 12 heteroatoms. The number of H-pyrrole nitrogens is 1. The predicted octanol–water partition coefficient (Wildman–Crippen LogP) is 6.52. The van der Waals surface area contributed by atoms with E-state index in [4.69, 9.17) is 11.6 Å². The van der Waals surface area contributed by atoms with Gasteiger partial charge in [-0.2, -0.15) is 26.3 Å². The highest BCUT2D eigenvalue weighted by Crippen LogP contribution is 2.38. The van der Waals surface area contributed by atoms with Gasteiger partial charge in [0.1, 0.15) is 17.2 Å². The molecule has 2 heterocycles. The monoisotopic (exact) mass is 460 g/mol. The average Bonchev–Trinajstić information content (AvgIpc) is 3.10. The Labute approximate surface area is 173 Å². The third-order valence-corrected chi connectivity index (χ3v) is 4.60. The number of rotatable bonds is 2. The normalized spacial score (nSPS) is 12.5. The fourth-order valence-electron chi connectivity index (χ4n) is 2.84. The standard InChI is InChI=1S/C19H8ClF7N4/c20-12-6-3-9(18(22,23)24)7-11(12)16-28-13-14(19(25,26)27)29-15(30-17(13)31-16)8-1-4-10(21)5-2-8/h1-7H,(H,28,29,30,31). The Hall–Kier alpha value is -3.21. The van der Waals surface area contributed by atoms with Crippen molar-refractivity contribution in [1.29, 1.82) is 0 Å². The van der Waals surface area contributed by atoms with E-state index in [2.05, 4.69) is 19.9 Å². The molecule has 0 unspecified atom stereocenters. The van der Waals surface area contributed by atoms with Crippen LogP contribution in [0.1, 0.15) is 11.3 Å². The topological polar surface area (TPSA) is 54.5 Å². The summed E-state index contributed by atoms with van der Waals surface area (Å²) >= 11 is 5.96. The molecular formula is C19H8ClF7N4. The van der Waals surface area contributed by atoms with Gasteiger partial charge in [0.05, 0.1) is 10.6 Å². The van der Waals surface area contributed by atoms with E-state index in [0.29, 0.717) is 6.07 Å². The molecule has 0 aliphatic carbocycles. The van der Waals surface area contributed by atoms with Crippen molar-refractivity contribution in [2.45, 2.75) is 12.4 Å². The molecule has 2 aromatic carbocycles. The molecule has 0 aliphatic rings. The van der Waals surface area contributed by atoms with Crippen LogP contribution in [0.25, 0.3) is 33.9 Å². The molecule has 0 saturated carbocycles. The lowest BCUT2D eigenvalue weighted by Gasteiger charge is -2.09. The summed E-state index contributed by atoms with van der Waals surface area (Å²) in [5, 5.41) is -0.160. The smallest absolute Gasteiger partial charge is 0.335 e. The number of alkyl halides is 6. The summed E-state index contributed by atoms with van der Waals surface area (Å²) in [5.74, 6) is -1.34. The van der Waals surface area contributed by atoms with Gasteiger partial charge in [0.15, 0.2) is 17.2 Å². The number of aromatic amines is 1. The number of nitrogens with zero attached hydrogens (tertiary/aromatic N) is 3. The SMILES string of the molecule is Fc1ccc(-c2nc(C(F)(F)F)c3[nH]c(-c4cc(C(F)(F)F)ccc4Cl)nc3n2)cc1. The molecule has 1 N–H and O–H groups in total. The van der Waals surface area contributed by atoms with Crippen molar-refractivity contribution >= 4 is 22.8 Å². The number of halogens is 8. The van der Waals surface area contributed by atoms with Gasteiger partial charge < -0.3 is 4.98 Å². The lowest BCUT2D eigenvalue weighted by Crippen LogP contribution is -2.11. The minimum atomic E-state index is -4.93. The first kappa shape index (κ1) is 21.0. The van der Waals surface area contributed by atoms with Gasteiger partial charge in [-0.1, -0.05) is 11.6 Å². The van der Waals surface area contributed by atoms with Crippen LogP contribution >= 0.6 is 11.6 Å². The van der Waals surface area contributed by atoms with Crippen LogP contribution in [0, 0.1) is 5.82 Å². The predicted molar refractivity (Wildman–Crippen MR) is 97.5 cm³/mol. The van der Waals surface area contributed by atoms with Crippen molar-refractivity contribution in [3.63, 3.8) is 0 Å². The summed E-state index contributed by atoms with van der Waals surface area (Å²) in [6.45, 7) is 0. The number of imidazole rings is 1. The molecule has 4 aromatic rings. The average molecular weight is 461 g/mol. The van der Waals surface area contributed by atoms with Gasteiger partial charge in [0.2, 0.25) is 0 Å². The minimum Gasteiger partial charge on any atom is -0.335 e. The van der Waals surface area contributed by atoms with Crippen LogP contribution in [0.5, 0.6) is 0 Å². The van der Waals surface area contributed by atoms with Gasteiger partial charge in [0, 0.05) is 11.1 Å². The first-order chi connectivity index (χ1) is 14.4. The summed E-state index contributed by atoms with van der Waals surface area (Å²) in [7, 11) is 0. The van der Waals surface area contributed by atoms with Crippen molar-refractivity contribution in [2.75, 3.05) is 0 Å². The van der Waals surface area contributed by atoms with Gasteiger partial charge in [-0.05, 0) is 42.5 Å². The van der Waals surface area contributed by atoms with Crippen molar-refractivity contribution in [2.24, 2.45) is 0 Å². The highest BCUT2D eigenvalue weighted by molar-refractivity contribution is 6.33. The molecule has 0 amide bonds. The molecular weight excluding hydrogens is 453 g/mol. The summed E-state index contributed by atoms with van der Waals surface area (Å²) in [4.78, 5) is 13.7. The van der Waals surface area contributed by atoms with Crippen LogP contribution in [-0.4, -0.2) is 19.9 Å². The Morgan fingerprint density at radius 1 is 0.806 bits per heavy atom. The Kier molecular flexibility index (Phi) is 4.88. The highest BCUT2D eigenvalue weighted by atomic mass is 35.5. The van der Waals surface area contributed by atoms with Crippen LogP contribution in [-0.2, 0) is 12.4 Å². The van der Waals surface area contributed by atoms with E-state index in [0.717, 1.165) is 24.3 Å². The summed E-state index contributed by atoms with van der Waals surface area (Å²) < 4.78 is 93.1. The fourth-order valence-corrected chi connectivity index (χ4v) is 3.05. The molecule has 2 aromatic heterocycles. The number of fused-ring (bicyclic) bond motifs is 1. The van der Waals surface area contributed by atoms with Crippen LogP contribution in [0.15, 0.2) is 42.5 Å². The third kappa shape index (κ3) is 4.05. The molecule has 160 valence electrons. The Bertz CT molecular complexity index is 1280. The molecule has 0 spiro atoms. The summed E-state index contributed by atoms with van der Waals surface area (Å²) in [6, 6.07) is 6.79. The lowest BCUT2D eigenvalue weighted by atomic mass is 10.1. The molecule has 31 heavy (non-hydrogen) atoms. The van der Waals surface area contributed by atoms with Crippen LogP contribution in [0.2, 0.25) is 5.02 Å². The number of hydrogen-bond donors (Lipinski definition) is 1. The third-order valence-electron chi connectivity index (χ3n) is 4.27. The Morgan fingerprint density at radius 2 is 1.48 bits per heavy atom. The zero-order chi connectivity index (χ0) is 22.6. The van der Waals surface area contributed by atoms with E-state index < -0.39 is 40.6 Å². The second kappa shape index (κ2) is 7.19. The maximum Gasteiger partial charge on any atom is 0.435 e. The quantitative estimate of drug-likeness (QED) is 0.347. The molecule has 0 aliphatic heterocycles. The molecule has 0 radical (unpaired) electrons. The number of benzene rings is 2. The number of hydrogen-bond acceptors (Lipinski definition) is 3. The van der Waals surface area contributed by atoms with E-state index in [-0.39, 0.29) is 27.8 Å². The number of nitrogens with one attached hydrogen (secondary N) is 1. The number of aromatic nitrogens is 4. The van der Waals surface area contributed by atoms with E-state index >= 15 is 0 Å².